The lowest BCUT2D eigenvalue weighted by Gasteiger charge is -2.39. The average molecular weight is 534 g/mol. The topological polar surface area (TPSA) is 70.2 Å². The first kappa shape index (κ1) is 26.6. The molecule has 7 nitrogen and oxygen atoms in total. The van der Waals surface area contributed by atoms with Crippen LogP contribution >= 0.6 is 0 Å². The first-order valence-corrected chi connectivity index (χ1v) is 14.7. The molecule has 5 rings (SSSR count). The van der Waals surface area contributed by atoms with Gasteiger partial charge in [-0.3, -0.25) is 9.69 Å². The highest BCUT2D eigenvalue weighted by Crippen LogP contribution is 2.30. The summed E-state index contributed by atoms with van der Waals surface area (Å²) in [5.41, 5.74) is 2.97. The fourth-order valence-corrected chi connectivity index (χ4v) is 7.09. The van der Waals surface area contributed by atoms with Crippen LogP contribution in [0.3, 0.4) is 0 Å². The molecule has 200 valence electrons. The highest BCUT2D eigenvalue weighted by atomic mass is 32.2. The number of carbonyl (C=O) groups excluding carboxylic acids is 1. The summed E-state index contributed by atoms with van der Waals surface area (Å²) in [6, 6.07) is 27.4. The number of sulfonamides is 1. The summed E-state index contributed by atoms with van der Waals surface area (Å²) in [6.07, 6.45) is -0.312. The van der Waals surface area contributed by atoms with E-state index in [1.165, 1.54) is 15.4 Å². The molecule has 38 heavy (non-hydrogen) atoms. The van der Waals surface area contributed by atoms with Gasteiger partial charge in [0.25, 0.3) is 5.91 Å². The van der Waals surface area contributed by atoms with Gasteiger partial charge >= 0.3 is 0 Å². The Morgan fingerprint density at radius 3 is 1.76 bits per heavy atom. The maximum absolute atomic E-state index is 13.3. The van der Waals surface area contributed by atoms with Gasteiger partial charge in [-0.2, -0.15) is 4.31 Å². The molecule has 3 aromatic carbocycles. The van der Waals surface area contributed by atoms with Gasteiger partial charge in [0, 0.05) is 44.8 Å². The maximum Gasteiger partial charge on any atom is 0.253 e. The number of nitrogens with zero attached hydrogens (tertiary/aromatic N) is 3. The summed E-state index contributed by atoms with van der Waals surface area (Å²) >= 11 is 0. The molecule has 2 unspecified atom stereocenters. The minimum atomic E-state index is -3.64. The third kappa shape index (κ3) is 5.68. The molecular formula is C30H35N3O4S. The van der Waals surface area contributed by atoms with Gasteiger partial charge in [0.2, 0.25) is 10.0 Å². The molecule has 2 aliphatic rings. The van der Waals surface area contributed by atoms with Crippen LogP contribution in [0.25, 0.3) is 0 Å². The van der Waals surface area contributed by atoms with E-state index in [0.29, 0.717) is 31.7 Å². The molecular weight excluding hydrogens is 498 g/mol. The Kier molecular flexibility index (Phi) is 7.95. The second-order valence-electron chi connectivity index (χ2n) is 10.2. The van der Waals surface area contributed by atoms with Crippen LogP contribution in [-0.2, 0) is 14.8 Å². The van der Waals surface area contributed by atoms with Gasteiger partial charge in [0.15, 0.2) is 0 Å². The molecule has 2 atom stereocenters. The quantitative estimate of drug-likeness (QED) is 0.479. The lowest BCUT2D eigenvalue weighted by molar-refractivity contribution is -0.0440. The van der Waals surface area contributed by atoms with Gasteiger partial charge in [-0.15, -0.1) is 0 Å². The van der Waals surface area contributed by atoms with Crippen LogP contribution in [0, 0.1) is 0 Å². The van der Waals surface area contributed by atoms with E-state index in [1.54, 1.807) is 24.3 Å². The minimum absolute atomic E-state index is 0.0711. The largest absolute Gasteiger partial charge is 0.373 e. The second kappa shape index (κ2) is 11.4. The zero-order valence-corrected chi connectivity index (χ0v) is 22.8. The number of amides is 1. The molecule has 2 heterocycles. The summed E-state index contributed by atoms with van der Waals surface area (Å²) in [5, 5.41) is 0. The predicted octanol–water partition coefficient (Wildman–Crippen LogP) is 4.03. The number of morpholine rings is 1. The van der Waals surface area contributed by atoms with Gasteiger partial charge in [0.1, 0.15) is 0 Å². The molecule has 0 saturated carbocycles. The molecule has 0 aromatic heterocycles. The highest BCUT2D eigenvalue weighted by molar-refractivity contribution is 7.89. The number of hydrogen-bond donors (Lipinski definition) is 0. The van der Waals surface area contributed by atoms with Crippen molar-refractivity contribution in [2.45, 2.75) is 37.0 Å². The zero-order chi connectivity index (χ0) is 26.7. The maximum atomic E-state index is 13.3. The Balaban J connectivity index is 1.26. The third-order valence-corrected chi connectivity index (χ3v) is 9.17. The van der Waals surface area contributed by atoms with E-state index in [1.807, 2.05) is 30.9 Å². The van der Waals surface area contributed by atoms with Crippen LogP contribution in [0.2, 0.25) is 0 Å². The molecule has 0 bridgehead atoms. The molecule has 3 aromatic rings. The van der Waals surface area contributed by atoms with E-state index in [-0.39, 0.29) is 29.1 Å². The molecule has 2 fully saturated rings. The number of benzene rings is 3. The number of carbonyl (C=O) groups is 1. The van der Waals surface area contributed by atoms with Crippen molar-refractivity contribution in [3.05, 3.63) is 102 Å². The number of hydrogen-bond acceptors (Lipinski definition) is 5. The second-order valence-corrected chi connectivity index (χ2v) is 12.1. The van der Waals surface area contributed by atoms with Crippen molar-refractivity contribution in [2.24, 2.45) is 0 Å². The van der Waals surface area contributed by atoms with Crippen molar-refractivity contribution in [2.75, 3.05) is 39.3 Å². The van der Waals surface area contributed by atoms with Crippen molar-refractivity contribution >= 4 is 15.9 Å². The Morgan fingerprint density at radius 1 is 0.763 bits per heavy atom. The Bertz CT molecular complexity index is 1280. The van der Waals surface area contributed by atoms with Crippen LogP contribution in [0.15, 0.2) is 89.8 Å². The van der Waals surface area contributed by atoms with Crippen molar-refractivity contribution in [1.29, 1.82) is 0 Å². The average Bonchev–Trinajstić information content (AvgIpc) is 2.94. The number of rotatable bonds is 6. The highest BCUT2D eigenvalue weighted by Gasteiger charge is 2.33. The monoisotopic (exact) mass is 533 g/mol. The molecule has 0 aliphatic carbocycles. The van der Waals surface area contributed by atoms with E-state index < -0.39 is 10.0 Å². The number of piperazine rings is 1. The van der Waals surface area contributed by atoms with E-state index in [9.17, 15) is 13.2 Å². The Hall–Kier alpha value is -3.04. The summed E-state index contributed by atoms with van der Waals surface area (Å²) in [7, 11) is -3.64. The fourth-order valence-electron chi connectivity index (χ4n) is 5.50. The molecule has 2 aliphatic heterocycles. The van der Waals surface area contributed by atoms with Gasteiger partial charge < -0.3 is 9.64 Å². The summed E-state index contributed by atoms with van der Waals surface area (Å²) < 4.78 is 33.5. The van der Waals surface area contributed by atoms with Crippen molar-refractivity contribution in [3.63, 3.8) is 0 Å². The smallest absolute Gasteiger partial charge is 0.253 e. The number of ether oxygens (including phenoxy) is 1. The van der Waals surface area contributed by atoms with Crippen LogP contribution in [0.1, 0.15) is 41.4 Å². The van der Waals surface area contributed by atoms with E-state index >= 15 is 0 Å². The zero-order valence-electron chi connectivity index (χ0n) is 21.9. The summed E-state index contributed by atoms with van der Waals surface area (Å²) in [5.74, 6) is -0.0711. The third-order valence-electron chi connectivity index (χ3n) is 7.32. The lowest BCUT2D eigenvalue weighted by Crippen LogP contribution is -2.49. The first-order chi connectivity index (χ1) is 18.3. The molecule has 2 saturated heterocycles. The summed E-state index contributed by atoms with van der Waals surface area (Å²) in [6.45, 7) is 7.12. The van der Waals surface area contributed by atoms with Crippen molar-refractivity contribution in [1.82, 2.24) is 14.1 Å². The van der Waals surface area contributed by atoms with Gasteiger partial charge in [-0.05, 0) is 49.2 Å². The molecule has 0 spiro atoms. The normalized spacial score (nSPS) is 21.5. The predicted molar refractivity (Wildman–Crippen MR) is 147 cm³/mol. The summed E-state index contributed by atoms with van der Waals surface area (Å²) in [4.78, 5) is 17.8. The van der Waals surface area contributed by atoms with E-state index in [0.717, 1.165) is 13.1 Å². The van der Waals surface area contributed by atoms with Crippen molar-refractivity contribution in [3.8, 4) is 0 Å². The molecule has 1 amide bonds. The SMILES string of the molecule is CC1CN(S(=O)(=O)c2ccc(C(=O)N3CCN(C(c4ccccc4)c4ccccc4)CC3)cc2)CC(C)O1. The van der Waals surface area contributed by atoms with E-state index in [4.69, 9.17) is 4.74 Å². The first-order valence-electron chi connectivity index (χ1n) is 13.2. The van der Waals surface area contributed by atoms with Crippen LogP contribution in [0.5, 0.6) is 0 Å². The van der Waals surface area contributed by atoms with Gasteiger partial charge in [-0.25, -0.2) is 8.42 Å². The molecule has 8 heteroatoms. The van der Waals surface area contributed by atoms with Gasteiger partial charge in [-0.1, -0.05) is 60.7 Å². The standard InChI is InChI=1S/C30H35N3O4S/c1-23-21-33(22-24(2)37-23)38(35,36)28-15-13-27(14-16-28)30(34)32-19-17-31(18-20-32)29(25-9-5-3-6-10-25)26-11-7-4-8-12-26/h3-16,23-24,29H,17-22H2,1-2H3. The van der Waals surface area contributed by atoms with Crippen LogP contribution in [0.4, 0.5) is 0 Å². The van der Waals surface area contributed by atoms with Crippen LogP contribution < -0.4 is 0 Å². The van der Waals surface area contributed by atoms with Gasteiger partial charge in [0.05, 0.1) is 23.1 Å². The fraction of sp³-hybridized carbons (Fsp3) is 0.367. The Labute approximate surface area is 225 Å². The lowest BCUT2D eigenvalue weighted by atomic mass is 9.96. The van der Waals surface area contributed by atoms with Crippen molar-refractivity contribution < 1.29 is 17.9 Å². The molecule has 0 N–H and O–H groups in total. The molecule has 0 radical (unpaired) electrons. The Morgan fingerprint density at radius 2 is 1.26 bits per heavy atom. The van der Waals surface area contributed by atoms with E-state index in [2.05, 4.69) is 53.4 Å². The minimum Gasteiger partial charge on any atom is -0.373 e. The van der Waals surface area contributed by atoms with Crippen LogP contribution in [-0.4, -0.2) is 79.9 Å².